The number of benzene rings is 2. The zero-order valence-electron chi connectivity index (χ0n) is 13.4. The molecular weight excluding hydrogens is 284 g/mol. The van der Waals surface area contributed by atoms with Crippen LogP contribution >= 0.6 is 0 Å². The summed E-state index contributed by atoms with van der Waals surface area (Å²) in [6.07, 6.45) is 3.98. The summed E-state index contributed by atoms with van der Waals surface area (Å²) >= 11 is 0. The number of hydrogen-bond acceptors (Lipinski definition) is 2. The number of carbonyl (C=O) groups excluding carboxylic acids is 1. The molecule has 3 rings (SSSR count). The van der Waals surface area contributed by atoms with E-state index in [2.05, 4.69) is 5.43 Å². The largest absolute Gasteiger partial charge is 0.270 e. The highest BCUT2D eigenvalue weighted by Gasteiger charge is 2.35. The van der Waals surface area contributed by atoms with Gasteiger partial charge in [0.2, 0.25) is 0 Å². The zero-order valence-corrected chi connectivity index (χ0v) is 13.4. The molecule has 3 nitrogen and oxygen atoms in total. The Labute approximate surface area is 136 Å². The average Bonchev–Trinajstić information content (AvgIpc) is 2.89. The third-order valence-electron chi connectivity index (χ3n) is 3.91. The van der Waals surface area contributed by atoms with E-state index in [4.69, 9.17) is 0 Å². The van der Waals surface area contributed by atoms with Crippen LogP contribution in [0.15, 0.2) is 78.4 Å². The number of hydrazine groups is 1. The molecule has 1 N–H and O–H groups in total. The minimum Gasteiger partial charge on any atom is -0.267 e. The molecule has 0 aliphatic carbocycles. The molecule has 1 fully saturated rings. The molecule has 1 aliphatic heterocycles. The average molecular weight is 304 g/mol. The maximum atomic E-state index is 13.0. The van der Waals surface area contributed by atoms with Crippen LogP contribution in [0.4, 0.5) is 5.69 Å². The van der Waals surface area contributed by atoms with Gasteiger partial charge in [-0.05, 0) is 37.1 Å². The number of para-hydroxylation sites is 1. The van der Waals surface area contributed by atoms with Crippen molar-refractivity contribution in [3.05, 3.63) is 84.0 Å². The highest BCUT2D eigenvalue weighted by molar-refractivity contribution is 6.14. The van der Waals surface area contributed by atoms with Gasteiger partial charge in [-0.3, -0.25) is 4.79 Å². The van der Waals surface area contributed by atoms with Crippen LogP contribution in [0.3, 0.4) is 0 Å². The number of nitrogens with one attached hydrogen (secondary N) is 1. The number of allylic oxidation sites excluding steroid dienone is 3. The van der Waals surface area contributed by atoms with Gasteiger partial charge >= 0.3 is 0 Å². The van der Waals surface area contributed by atoms with Crippen LogP contribution in [0.1, 0.15) is 19.4 Å². The van der Waals surface area contributed by atoms with Crippen molar-refractivity contribution in [3.63, 3.8) is 0 Å². The summed E-state index contributed by atoms with van der Waals surface area (Å²) in [5, 5.41) is 1.63. The molecule has 1 aliphatic rings. The van der Waals surface area contributed by atoms with Crippen molar-refractivity contribution in [2.45, 2.75) is 19.9 Å². The monoisotopic (exact) mass is 304 g/mol. The Kier molecular flexibility index (Phi) is 4.40. The molecule has 1 unspecified atom stereocenters. The lowest BCUT2D eigenvalue weighted by molar-refractivity contribution is -0.114. The van der Waals surface area contributed by atoms with Gasteiger partial charge in [-0.15, -0.1) is 0 Å². The zero-order chi connectivity index (χ0) is 16.2. The molecule has 0 bridgehead atoms. The molecule has 1 atom stereocenters. The van der Waals surface area contributed by atoms with Crippen molar-refractivity contribution in [3.8, 4) is 0 Å². The molecule has 2 aromatic rings. The van der Waals surface area contributed by atoms with Crippen LogP contribution in [-0.2, 0) is 4.79 Å². The van der Waals surface area contributed by atoms with Crippen LogP contribution in [0.25, 0.3) is 5.57 Å². The first-order valence-corrected chi connectivity index (χ1v) is 7.80. The Hall–Kier alpha value is -2.65. The van der Waals surface area contributed by atoms with Crippen LogP contribution in [-0.4, -0.2) is 11.9 Å². The topological polar surface area (TPSA) is 32.3 Å². The van der Waals surface area contributed by atoms with Crippen LogP contribution in [0.5, 0.6) is 0 Å². The quantitative estimate of drug-likeness (QED) is 0.871. The number of hydrogen-bond donors (Lipinski definition) is 1. The van der Waals surface area contributed by atoms with Crippen LogP contribution in [0.2, 0.25) is 0 Å². The number of anilines is 1. The van der Waals surface area contributed by atoms with Gasteiger partial charge in [0.1, 0.15) is 0 Å². The van der Waals surface area contributed by atoms with E-state index in [0.29, 0.717) is 0 Å². The highest BCUT2D eigenvalue weighted by atomic mass is 16.2. The lowest BCUT2D eigenvalue weighted by Crippen LogP contribution is -2.36. The molecule has 116 valence electrons. The molecule has 0 spiro atoms. The first-order valence-electron chi connectivity index (χ1n) is 7.80. The van der Waals surface area contributed by atoms with Gasteiger partial charge in [0.15, 0.2) is 0 Å². The lowest BCUT2D eigenvalue weighted by atomic mass is 9.95. The number of amides is 1. The molecule has 0 radical (unpaired) electrons. The van der Waals surface area contributed by atoms with E-state index in [1.165, 1.54) is 0 Å². The standard InChI is InChI=1S/C20H20N2O/c1-3-10-18(16-11-6-4-7-12-16)19-15(2)21-22(20(19)23)17-13-8-5-9-14-17/h3-15,21H,1-2H3/b10-3?,19-18-. The van der Waals surface area contributed by atoms with Crippen molar-refractivity contribution >= 4 is 17.2 Å². The van der Waals surface area contributed by atoms with Gasteiger partial charge in [0.05, 0.1) is 11.7 Å². The summed E-state index contributed by atoms with van der Waals surface area (Å²) < 4.78 is 0. The molecular formula is C20H20N2O. The first kappa shape index (κ1) is 15.3. The Morgan fingerprint density at radius 3 is 2.26 bits per heavy atom. The molecule has 1 amide bonds. The van der Waals surface area contributed by atoms with Gasteiger partial charge in [-0.25, -0.2) is 10.4 Å². The Morgan fingerprint density at radius 1 is 1.04 bits per heavy atom. The summed E-state index contributed by atoms with van der Waals surface area (Å²) in [6.45, 7) is 3.98. The smallest absolute Gasteiger partial charge is 0.267 e. The van der Waals surface area contributed by atoms with Crippen molar-refractivity contribution < 1.29 is 4.79 Å². The van der Waals surface area contributed by atoms with E-state index in [-0.39, 0.29) is 11.9 Å². The van der Waals surface area contributed by atoms with Gasteiger partial charge in [-0.2, -0.15) is 0 Å². The normalized spacial score (nSPS) is 20.3. The summed E-state index contributed by atoms with van der Waals surface area (Å²) in [5.74, 6) is 0.000605. The van der Waals surface area contributed by atoms with E-state index >= 15 is 0 Å². The van der Waals surface area contributed by atoms with Gasteiger partial charge in [0, 0.05) is 5.57 Å². The molecule has 2 aromatic carbocycles. The summed E-state index contributed by atoms with van der Waals surface area (Å²) in [5.41, 5.74) is 6.94. The molecule has 1 heterocycles. The maximum absolute atomic E-state index is 13.0. The predicted molar refractivity (Wildman–Crippen MR) is 94.7 cm³/mol. The fourth-order valence-corrected chi connectivity index (χ4v) is 2.87. The van der Waals surface area contributed by atoms with E-state index in [0.717, 1.165) is 22.4 Å². The molecule has 0 saturated carbocycles. The number of rotatable bonds is 3. The predicted octanol–water partition coefficient (Wildman–Crippen LogP) is 3.96. The first-order chi connectivity index (χ1) is 11.2. The Morgan fingerprint density at radius 2 is 1.65 bits per heavy atom. The Bertz CT molecular complexity index is 748. The molecule has 23 heavy (non-hydrogen) atoms. The van der Waals surface area contributed by atoms with Crippen molar-refractivity contribution in [2.24, 2.45) is 0 Å². The summed E-state index contributed by atoms with van der Waals surface area (Å²) in [4.78, 5) is 13.0. The van der Waals surface area contributed by atoms with E-state index in [9.17, 15) is 4.79 Å². The van der Waals surface area contributed by atoms with Gasteiger partial charge < -0.3 is 0 Å². The van der Waals surface area contributed by atoms with Gasteiger partial charge in [-0.1, -0.05) is 60.7 Å². The van der Waals surface area contributed by atoms with E-state index < -0.39 is 0 Å². The second-order valence-corrected chi connectivity index (χ2v) is 5.52. The second kappa shape index (κ2) is 6.63. The van der Waals surface area contributed by atoms with E-state index in [1.54, 1.807) is 5.01 Å². The summed E-state index contributed by atoms with van der Waals surface area (Å²) in [7, 11) is 0. The van der Waals surface area contributed by atoms with Crippen LogP contribution in [0, 0.1) is 0 Å². The van der Waals surface area contributed by atoms with Crippen molar-refractivity contribution in [1.29, 1.82) is 0 Å². The molecule has 0 aromatic heterocycles. The SMILES string of the molecule is CC=C/C(=C1/C(=O)N(c2ccccc2)NC1C)c1ccccc1. The molecule has 3 heteroatoms. The lowest BCUT2D eigenvalue weighted by Gasteiger charge is -2.15. The summed E-state index contributed by atoms with van der Waals surface area (Å²) in [6, 6.07) is 19.7. The van der Waals surface area contributed by atoms with Crippen LogP contribution < -0.4 is 10.4 Å². The van der Waals surface area contributed by atoms with Crippen molar-refractivity contribution in [1.82, 2.24) is 5.43 Å². The Balaban J connectivity index is 2.08. The minimum absolute atomic E-state index is 0.000605. The number of nitrogens with zero attached hydrogens (tertiary/aromatic N) is 1. The third kappa shape index (κ3) is 2.96. The second-order valence-electron chi connectivity index (χ2n) is 5.52. The minimum atomic E-state index is -0.0471. The maximum Gasteiger partial charge on any atom is 0.270 e. The fourth-order valence-electron chi connectivity index (χ4n) is 2.87. The van der Waals surface area contributed by atoms with Gasteiger partial charge in [0.25, 0.3) is 5.91 Å². The molecule has 1 saturated heterocycles. The third-order valence-corrected chi connectivity index (χ3v) is 3.91. The van der Waals surface area contributed by atoms with E-state index in [1.807, 2.05) is 86.7 Å². The highest BCUT2D eigenvalue weighted by Crippen LogP contribution is 2.29. The van der Waals surface area contributed by atoms with Crippen molar-refractivity contribution in [2.75, 3.05) is 5.01 Å². The fraction of sp³-hybridized carbons (Fsp3) is 0.150. The number of carbonyl (C=O) groups is 1.